The Morgan fingerprint density at radius 1 is 1.42 bits per heavy atom. The number of ether oxygens (including phenoxy) is 2. The zero-order valence-corrected chi connectivity index (χ0v) is 7.61. The quantitative estimate of drug-likeness (QED) is 0.439. The van der Waals surface area contributed by atoms with Gasteiger partial charge in [-0.2, -0.15) is 0 Å². The molecule has 0 bridgehead atoms. The third kappa shape index (κ3) is 2.34. The lowest BCUT2D eigenvalue weighted by Crippen LogP contribution is -2.34. The first-order valence-electron chi connectivity index (χ1n) is 4.10. The molecule has 0 saturated carbocycles. The highest BCUT2D eigenvalue weighted by atomic mass is 16.6. The van der Waals surface area contributed by atoms with Crippen LogP contribution in [0.2, 0.25) is 0 Å². The van der Waals surface area contributed by atoms with Crippen LogP contribution in [0, 0.1) is 0 Å². The highest BCUT2D eigenvalue weighted by Crippen LogP contribution is 2.14. The molecule has 0 fully saturated rings. The normalized spacial score (nSPS) is 34.8. The molecule has 0 amide bonds. The average molecular weight is 170 g/mol. The minimum atomic E-state index is -0.269. The molecule has 0 aromatic carbocycles. The fourth-order valence-corrected chi connectivity index (χ4v) is 1.21. The van der Waals surface area contributed by atoms with Crippen molar-refractivity contribution in [3.05, 3.63) is 12.2 Å². The molecule has 3 heteroatoms. The van der Waals surface area contributed by atoms with E-state index in [1.54, 1.807) is 0 Å². The molecule has 0 radical (unpaired) electrons. The highest BCUT2D eigenvalue weighted by Gasteiger charge is 2.23. The molecule has 1 aliphatic rings. The minimum Gasteiger partial charge on any atom is -0.456 e. The van der Waals surface area contributed by atoms with Gasteiger partial charge >= 0.3 is 5.97 Å². The van der Waals surface area contributed by atoms with Crippen LogP contribution in [0.25, 0.3) is 0 Å². The molecule has 0 saturated heterocycles. The Kier molecular flexibility index (Phi) is 2.87. The van der Waals surface area contributed by atoms with E-state index in [0.717, 1.165) is 0 Å². The highest BCUT2D eigenvalue weighted by molar-refractivity contribution is 5.66. The van der Waals surface area contributed by atoms with E-state index in [9.17, 15) is 4.79 Å². The van der Waals surface area contributed by atoms with Gasteiger partial charge in [0.05, 0.1) is 12.2 Å². The first-order valence-corrected chi connectivity index (χ1v) is 4.10. The first-order chi connectivity index (χ1) is 5.59. The van der Waals surface area contributed by atoms with Crippen LogP contribution in [0.5, 0.6) is 0 Å². The zero-order chi connectivity index (χ0) is 9.14. The number of rotatable bonds is 1. The van der Waals surface area contributed by atoms with Gasteiger partial charge in [-0.15, -0.1) is 0 Å². The van der Waals surface area contributed by atoms with Crippen LogP contribution >= 0.6 is 0 Å². The predicted octanol–water partition coefficient (Wildman–Crippen LogP) is 1.28. The Hall–Kier alpha value is -0.830. The molecular weight excluding hydrogens is 156 g/mol. The molecule has 3 nitrogen and oxygen atoms in total. The predicted molar refractivity (Wildman–Crippen MR) is 44.7 cm³/mol. The summed E-state index contributed by atoms with van der Waals surface area (Å²) in [5.41, 5.74) is 0. The van der Waals surface area contributed by atoms with Crippen molar-refractivity contribution in [3.8, 4) is 0 Å². The van der Waals surface area contributed by atoms with Crippen molar-refractivity contribution in [2.24, 2.45) is 0 Å². The monoisotopic (exact) mass is 170 g/mol. The summed E-state index contributed by atoms with van der Waals surface area (Å²) in [5, 5.41) is 0. The van der Waals surface area contributed by atoms with Crippen molar-refractivity contribution in [2.45, 2.75) is 39.1 Å². The first kappa shape index (κ1) is 9.26. The maximum Gasteiger partial charge on any atom is 0.303 e. The Bertz CT molecular complexity index is 198. The van der Waals surface area contributed by atoms with Gasteiger partial charge in [0, 0.05) is 6.92 Å². The summed E-state index contributed by atoms with van der Waals surface area (Å²) in [6.45, 7) is 5.25. The summed E-state index contributed by atoms with van der Waals surface area (Å²) in [4.78, 5) is 10.6. The van der Waals surface area contributed by atoms with Gasteiger partial charge in [-0.1, -0.05) is 6.08 Å². The van der Waals surface area contributed by atoms with Gasteiger partial charge in [0.2, 0.25) is 0 Å². The maximum absolute atomic E-state index is 10.6. The maximum atomic E-state index is 10.6. The van der Waals surface area contributed by atoms with Crippen molar-refractivity contribution in [2.75, 3.05) is 0 Å². The Morgan fingerprint density at radius 3 is 2.58 bits per heavy atom. The summed E-state index contributed by atoms with van der Waals surface area (Å²) in [5.74, 6) is -0.269. The smallest absolute Gasteiger partial charge is 0.303 e. The van der Waals surface area contributed by atoms with Crippen LogP contribution in [-0.4, -0.2) is 24.3 Å². The van der Waals surface area contributed by atoms with Gasteiger partial charge < -0.3 is 9.47 Å². The second-order valence-electron chi connectivity index (χ2n) is 3.01. The average Bonchev–Trinajstić information content (AvgIpc) is 1.94. The van der Waals surface area contributed by atoms with Gasteiger partial charge in [0.15, 0.2) is 0 Å². The topological polar surface area (TPSA) is 35.5 Å². The van der Waals surface area contributed by atoms with Crippen molar-refractivity contribution in [1.29, 1.82) is 0 Å². The van der Waals surface area contributed by atoms with Crippen LogP contribution in [-0.2, 0) is 14.3 Å². The van der Waals surface area contributed by atoms with E-state index in [-0.39, 0.29) is 24.3 Å². The van der Waals surface area contributed by atoms with E-state index in [0.29, 0.717) is 0 Å². The molecule has 0 N–H and O–H groups in total. The molecule has 0 spiro atoms. The summed E-state index contributed by atoms with van der Waals surface area (Å²) >= 11 is 0. The van der Waals surface area contributed by atoms with Crippen molar-refractivity contribution >= 4 is 5.97 Å². The summed E-state index contributed by atoms with van der Waals surface area (Å²) < 4.78 is 10.4. The van der Waals surface area contributed by atoms with Gasteiger partial charge in [-0.05, 0) is 19.9 Å². The lowest BCUT2D eigenvalue weighted by Gasteiger charge is -2.27. The summed E-state index contributed by atoms with van der Waals surface area (Å²) in [6.07, 6.45) is 3.62. The lowest BCUT2D eigenvalue weighted by molar-refractivity contribution is -0.152. The number of hydrogen-bond acceptors (Lipinski definition) is 3. The molecule has 0 aliphatic carbocycles. The molecule has 0 unspecified atom stereocenters. The second kappa shape index (κ2) is 3.72. The molecule has 1 aliphatic heterocycles. The largest absolute Gasteiger partial charge is 0.456 e. The SMILES string of the molecule is CC(=O)O[C@@H]1C=C[C@H](C)O[C@H]1C. The lowest BCUT2D eigenvalue weighted by atomic mass is 10.1. The molecule has 12 heavy (non-hydrogen) atoms. The third-order valence-corrected chi connectivity index (χ3v) is 1.77. The van der Waals surface area contributed by atoms with Gasteiger partial charge in [0.25, 0.3) is 0 Å². The van der Waals surface area contributed by atoms with Crippen molar-refractivity contribution < 1.29 is 14.3 Å². The van der Waals surface area contributed by atoms with Crippen LogP contribution in [0.1, 0.15) is 20.8 Å². The summed E-state index contributed by atoms with van der Waals surface area (Å²) in [7, 11) is 0. The number of carbonyl (C=O) groups excluding carboxylic acids is 1. The van der Waals surface area contributed by atoms with Crippen LogP contribution in [0.4, 0.5) is 0 Å². The van der Waals surface area contributed by atoms with Crippen molar-refractivity contribution in [1.82, 2.24) is 0 Å². The summed E-state index contributed by atoms with van der Waals surface area (Å²) in [6, 6.07) is 0. The molecule has 0 aromatic heterocycles. The Balaban J connectivity index is 2.54. The van der Waals surface area contributed by atoms with Gasteiger partial charge in [-0.3, -0.25) is 4.79 Å². The van der Waals surface area contributed by atoms with E-state index in [4.69, 9.17) is 9.47 Å². The van der Waals surface area contributed by atoms with E-state index in [1.807, 2.05) is 26.0 Å². The van der Waals surface area contributed by atoms with E-state index in [2.05, 4.69) is 0 Å². The molecule has 1 rings (SSSR count). The number of hydrogen-bond donors (Lipinski definition) is 0. The van der Waals surface area contributed by atoms with Crippen LogP contribution < -0.4 is 0 Å². The Morgan fingerprint density at radius 2 is 2.08 bits per heavy atom. The molecular formula is C9H14O3. The van der Waals surface area contributed by atoms with Crippen molar-refractivity contribution in [3.63, 3.8) is 0 Å². The fraction of sp³-hybridized carbons (Fsp3) is 0.667. The fourth-order valence-electron chi connectivity index (χ4n) is 1.21. The van der Waals surface area contributed by atoms with Gasteiger partial charge in [0.1, 0.15) is 6.10 Å². The second-order valence-corrected chi connectivity index (χ2v) is 3.01. The Labute approximate surface area is 72.4 Å². The molecule has 1 heterocycles. The number of esters is 1. The third-order valence-electron chi connectivity index (χ3n) is 1.77. The van der Waals surface area contributed by atoms with E-state index < -0.39 is 0 Å². The van der Waals surface area contributed by atoms with Crippen LogP contribution in [0.15, 0.2) is 12.2 Å². The minimum absolute atomic E-state index is 0.0473. The number of carbonyl (C=O) groups is 1. The molecule has 68 valence electrons. The molecule has 0 aromatic rings. The zero-order valence-electron chi connectivity index (χ0n) is 7.61. The van der Waals surface area contributed by atoms with Crippen LogP contribution in [0.3, 0.4) is 0 Å². The van der Waals surface area contributed by atoms with E-state index in [1.165, 1.54) is 6.92 Å². The van der Waals surface area contributed by atoms with E-state index >= 15 is 0 Å². The molecule has 3 atom stereocenters. The van der Waals surface area contributed by atoms with Gasteiger partial charge in [-0.25, -0.2) is 0 Å². The standard InChI is InChI=1S/C9H14O3/c1-6-4-5-9(7(2)11-6)12-8(3)10/h4-7,9H,1-3H3/t6-,7-,9+/m0/s1.